The van der Waals surface area contributed by atoms with Gasteiger partial charge in [-0.15, -0.1) is 0 Å². The van der Waals surface area contributed by atoms with Crippen LogP contribution in [-0.4, -0.2) is 4.98 Å². The Balaban J connectivity index is 2.32. The fourth-order valence-electron chi connectivity index (χ4n) is 2.55. The van der Waals surface area contributed by atoms with Crippen LogP contribution in [0.15, 0.2) is 36.5 Å². The van der Waals surface area contributed by atoms with E-state index < -0.39 is 0 Å². The van der Waals surface area contributed by atoms with Crippen molar-refractivity contribution in [1.82, 2.24) is 4.98 Å². The minimum absolute atomic E-state index is 1.08. The van der Waals surface area contributed by atoms with Gasteiger partial charge in [-0.1, -0.05) is 37.3 Å². The second-order valence-electron chi connectivity index (χ2n) is 4.29. The molecule has 2 aromatic rings. The Hall–Kier alpha value is -1.63. The van der Waals surface area contributed by atoms with Crippen molar-refractivity contribution >= 4 is 16.3 Å². The number of rotatable bonds is 1. The third kappa shape index (κ3) is 1.35. The zero-order chi connectivity index (χ0) is 11.0. The fraction of sp³-hybridized carbons (Fsp3) is 0.267. The van der Waals surface area contributed by atoms with Gasteiger partial charge in [0, 0.05) is 11.6 Å². The molecule has 0 amide bonds. The molecule has 1 aliphatic carbocycles. The highest BCUT2D eigenvalue weighted by atomic mass is 14.7. The third-order valence-electron chi connectivity index (χ3n) is 3.37. The average Bonchev–Trinajstić information content (AvgIpc) is 2.37. The summed E-state index contributed by atoms with van der Waals surface area (Å²) in [5, 5.41) is 2.64. The zero-order valence-electron chi connectivity index (χ0n) is 9.53. The Morgan fingerprint density at radius 1 is 1.25 bits per heavy atom. The summed E-state index contributed by atoms with van der Waals surface area (Å²) >= 11 is 0. The third-order valence-corrected chi connectivity index (χ3v) is 3.37. The normalized spacial score (nSPS) is 14.7. The van der Waals surface area contributed by atoms with Gasteiger partial charge in [0.1, 0.15) is 0 Å². The van der Waals surface area contributed by atoms with E-state index in [1.807, 2.05) is 6.20 Å². The van der Waals surface area contributed by atoms with Gasteiger partial charge in [-0.25, -0.2) is 0 Å². The molecule has 0 atom stereocenters. The molecule has 1 aromatic heterocycles. The summed E-state index contributed by atoms with van der Waals surface area (Å²) in [5.41, 5.74) is 4.08. The van der Waals surface area contributed by atoms with E-state index in [1.165, 1.54) is 27.6 Å². The van der Waals surface area contributed by atoms with Crippen molar-refractivity contribution in [2.45, 2.75) is 26.2 Å². The summed E-state index contributed by atoms with van der Waals surface area (Å²) < 4.78 is 0. The van der Waals surface area contributed by atoms with Crippen molar-refractivity contribution in [2.75, 3.05) is 0 Å². The molecule has 0 fully saturated rings. The summed E-state index contributed by atoms with van der Waals surface area (Å²) in [6, 6.07) is 8.56. The van der Waals surface area contributed by atoms with Crippen LogP contribution in [0.5, 0.6) is 0 Å². The van der Waals surface area contributed by atoms with E-state index in [-0.39, 0.29) is 0 Å². The van der Waals surface area contributed by atoms with Gasteiger partial charge in [0.05, 0.1) is 5.69 Å². The van der Waals surface area contributed by atoms with Crippen molar-refractivity contribution in [3.05, 3.63) is 47.8 Å². The van der Waals surface area contributed by atoms with Crippen molar-refractivity contribution in [3.8, 4) is 0 Å². The van der Waals surface area contributed by atoms with E-state index in [0.29, 0.717) is 0 Å². The van der Waals surface area contributed by atoms with Gasteiger partial charge >= 0.3 is 0 Å². The van der Waals surface area contributed by atoms with Crippen LogP contribution in [0.25, 0.3) is 16.3 Å². The largest absolute Gasteiger partial charge is 0.256 e. The van der Waals surface area contributed by atoms with E-state index >= 15 is 0 Å². The Morgan fingerprint density at radius 2 is 2.12 bits per heavy atom. The molecule has 1 heterocycles. The van der Waals surface area contributed by atoms with Crippen LogP contribution in [0.3, 0.4) is 0 Å². The Labute approximate surface area is 95.8 Å². The monoisotopic (exact) mass is 209 g/mol. The first-order valence-corrected chi connectivity index (χ1v) is 5.96. The predicted molar refractivity (Wildman–Crippen MR) is 68.3 cm³/mol. The first kappa shape index (κ1) is 9.59. The van der Waals surface area contributed by atoms with Crippen molar-refractivity contribution in [1.29, 1.82) is 0 Å². The maximum atomic E-state index is 4.63. The van der Waals surface area contributed by atoms with Gasteiger partial charge in [-0.2, -0.15) is 0 Å². The minimum Gasteiger partial charge on any atom is -0.256 e. The Bertz CT molecular complexity index is 567. The fourth-order valence-corrected chi connectivity index (χ4v) is 2.55. The zero-order valence-corrected chi connectivity index (χ0v) is 9.53. The minimum atomic E-state index is 1.08. The molecule has 0 N–H and O–H groups in total. The first-order valence-electron chi connectivity index (χ1n) is 5.96. The molecular formula is C15H15N. The van der Waals surface area contributed by atoms with E-state index in [2.05, 4.69) is 42.2 Å². The molecule has 3 rings (SSSR count). The maximum Gasteiger partial charge on any atom is 0.0696 e. The molecule has 80 valence electrons. The highest BCUT2D eigenvalue weighted by Crippen LogP contribution is 2.31. The van der Waals surface area contributed by atoms with Crippen LogP contribution >= 0.6 is 0 Å². The van der Waals surface area contributed by atoms with Crippen LogP contribution in [0.4, 0.5) is 0 Å². The number of pyridine rings is 1. The molecule has 0 bridgehead atoms. The second kappa shape index (κ2) is 3.75. The van der Waals surface area contributed by atoms with Gasteiger partial charge < -0.3 is 0 Å². The quantitative estimate of drug-likeness (QED) is 0.692. The van der Waals surface area contributed by atoms with E-state index in [4.69, 9.17) is 0 Å². The van der Waals surface area contributed by atoms with E-state index in [0.717, 1.165) is 19.3 Å². The molecule has 16 heavy (non-hydrogen) atoms. The molecule has 1 nitrogen and oxygen atoms in total. The average molecular weight is 209 g/mol. The molecule has 0 saturated carbocycles. The summed E-state index contributed by atoms with van der Waals surface area (Å²) in [6.07, 6.45) is 7.71. The molecule has 0 radical (unpaired) electrons. The topological polar surface area (TPSA) is 12.9 Å². The second-order valence-corrected chi connectivity index (χ2v) is 4.29. The van der Waals surface area contributed by atoms with Crippen molar-refractivity contribution in [3.63, 3.8) is 0 Å². The van der Waals surface area contributed by atoms with Gasteiger partial charge in [0.15, 0.2) is 0 Å². The molecular weight excluding hydrogens is 194 g/mol. The Kier molecular flexibility index (Phi) is 2.24. The number of allylic oxidation sites excluding steroid dienone is 2. The molecule has 1 heteroatoms. The number of aryl methyl sites for hydroxylation is 1. The molecule has 0 spiro atoms. The number of fused-ring (bicyclic) bond motifs is 3. The lowest BCUT2D eigenvalue weighted by Gasteiger charge is -2.17. The molecule has 0 unspecified atom stereocenters. The first-order chi connectivity index (χ1) is 7.90. The van der Waals surface area contributed by atoms with Crippen LogP contribution < -0.4 is 0 Å². The smallest absolute Gasteiger partial charge is 0.0696 e. The van der Waals surface area contributed by atoms with Crippen LogP contribution in [0.2, 0.25) is 0 Å². The summed E-state index contributed by atoms with van der Waals surface area (Å²) in [5.74, 6) is 0. The molecule has 0 saturated heterocycles. The van der Waals surface area contributed by atoms with Gasteiger partial charge in [0.2, 0.25) is 0 Å². The van der Waals surface area contributed by atoms with E-state index in [9.17, 15) is 0 Å². The molecule has 1 aliphatic rings. The number of aromatic nitrogens is 1. The summed E-state index contributed by atoms with van der Waals surface area (Å²) in [6.45, 7) is 2.21. The number of hydrogen-bond donors (Lipinski definition) is 0. The molecule has 0 aliphatic heterocycles. The number of hydrogen-bond acceptors (Lipinski definition) is 1. The van der Waals surface area contributed by atoms with Gasteiger partial charge in [0.25, 0.3) is 0 Å². The summed E-state index contributed by atoms with van der Waals surface area (Å²) in [4.78, 5) is 4.63. The van der Waals surface area contributed by atoms with Crippen LogP contribution in [0, 0.1) is 0 Å². The van der Waals surface area contributed by atoms with Gasteiger partial charge in [-0.3, -0.25) is 4.98 Å². The SMILES string of the molecule is CCC1=CCCc2c1ncc1ccccc21. The standard InChI is InChI=1S/C15H15N/c1-2-11-7-5-9-14-13-8-4-3-6-12(13)10-16-15(11)14/h3-4,6-8,10H,2,5,9H2,1H3. The van der Waals surface area contributed by atoms with Crippen LogP contribution in [0.1, 0.15) is 31.0 Å². The number of nitrogens with zero attached hydrogens (tertiary/aromatic N) is 1. The summed E-state index contributed by atoms with van der Waals surface area (Å²) in [7, 11) is 0. The lowest BCUT2D eigenvalue weighted by Crippen LogP contribution is -2.03. The Morgan fingerprint density at radius 3 is 3.00 bits per heavy atom. The highest BCUT2D eigenvalue weighted by Gasteiger charge is 2.14. The predicted octanol–water partition coefficient (Wildman–Crippen LogP) is 3.97. The highest BCUT2D eigenvalue weighted by molar-refractivity contribution is 5.89. The maximum absolute atomic E-state index is 4.63. The lowest BCUT2D eigenvalue weighted by atomic mass is 9.90. The number of benzene rings is 1. The van der Waals surface area contributed by atoms with Crippen LogP contribution in [-0.2, 0) is 6.42 Å². The van der Waals surface area contributed by atoms with Gasteiger partial charge in [-0.05, 0) is 35.8 Å². The van der Waals surface area contributed by atoms with Crippen molar-refractivity contribution < 1.29 is 0 Å². The molecule has 1 aromatic carbocycles. The van der Waals surface area contributed by atoms with Crippen molar-refractivity contribution in [2.24, 2.45) is 0 Å². The lowest BCUT2D eigenvalue weighted by molar-refractivity contribution is 0.951. The van der Waals surface area contributed by atoms with E-state index in [1.54, 1.807) is 0 Å².